The number of hydrogen-bond acceptors (Lipinski definition) is 3. The number of nitrogens with one attached hydrogen (secondary N) is 1. The Morgan fingerprint density at radius 3 is 2.50 bits per heavy atom. The molecular weight excluding hydrogens is 248 g/mol. The van der Waals surface area contributed by atoms with E-state index in [0.29, 0.717) is 31.6 Å². The van der Waals surface area contributed by atoms with Gasteiger partial charge in [-0.25, -0.2) is 12.7 Å². The Balaban J connectivity index is 2.61. The van der Waals surface area contributed by atoms with Gasteiger partial charge >= 0.3 is 0 Å². The van der Waals surface area contributed by atoms with Gasteiger partial charge in [0.2, 0.25) is 10.0 Å². The fourth-order valence-electron chi connectivity index (χ4n) is 2.25. The van der Waals surface area contributed by atoms with Crippen LogP contribution in [0.2, 0.25) is 0 Å². The summed E-state index contributed by atoms with van der Waals surface area (Å²) in [5.74, 6) is 0.647. The number of nitrogens with zero attached hydrogens (tertiary/aromatic N) is 1. The molecule has 1 saturated heterocycles. The molecule has 0 saturated carbocycles. The first-order valence-electron chi connectivity index (χ1n) is 7.06. The fraction of sp³-hybridized carbons (Fsp3) is 1.00. The lowest BCUT2D eigenvalue weighted by atomic mass is 10.0. The number of rotatable bonds is 5. The Bertz CT molecular complexity index is 341. The van der Waals surface area contributed by atoms with Crippen molar-refractivity contribution in [2.75, 3.05) is 19.6 Å². The third-order valence-corrected chi connectivity index (χ3v) is 5.93. The second kappa shape index (κ2) is 6.87. The van der Waals surface area contributed by atoms with Crippen LogP contribution in [-0.4, -0.2) is 43.6 Å². The molecule has 1 aliphatic heterocycles. The highest BCUT2D eigenvalue weighted by Crippen LogP contribution is 2.20. The highest BCUT2D eigenvalue weighted by Gasteiger charge is 2.29. The van der Waals surface area contributed by atoms with E-state index in [4.69, 9.17) is 0 Å². The van der Waals surface area contributed by atoms with Crippen molar-refractivity contribution in [3.05, 3.63) is 0 Å². The zero-order valence-corrected chi connectivity index (χ0v) is 13.0. The average Bonchev–Trinajstić information content (AvgIpc) is 2.50. The first kappa shape index (κ1) is 15.9. The molecule has 108 valence electrons. The van der Waals surface area contributed by atoms with Crippen LogP contribution in [0.4, 0.5) is 0 Å². The number of hydrogen-bond donors (Lipinski definition) is 1. The van der Waals surface area contributed by atoms with Crippen molar-refractivity contribution >= 4 is 10.0 Å². The van der Waals surface area contributed by atoms with E-state index < -0.39 is 10.0 Å². The summed E-state index contributed by atoms with van der Waals surface area (Å²) in [5.41, 5.74) is 0. The molecule has 1 N–H and O–H groups in total. The normalized spacial score (nSPS) is 25.1. The highest BCUT2D eigenvalue weighted by molar-refractivity contribution is 7.89. The average molecular weight is 276 g/mol. The quantitative estimate of drug-likeness (QED) is 0.833. The molecule has 0 aromatic heterocycles. The second-order valence-electron chi connectivity index (χ2n) is 5.85. The molecule has 2 unspecified atom stereocenters. The zero-order chi connectivity index (χ0) is 13.8. The lowest BCUT2D eigenvalue weighted by Gasteiger charge is -2.25. The monoisotopic (exact) mass is 276 g/mol. The Labute approximate surface area is 112 Å². The van der Waals surface area contributed by atoms with Crippen LogP contribution in [0.5, 0.6) is 0 Å². The summed E-state index contributed by atoms with van der Waals surface area (Å²) >= 11 is 0. The van der Waals surface area contributed by atoms with E-state index >= 15 is 0 Å². The summed E-state index contributed by atoms with van der Waals surface area (Å²) in [7, 11) is -3.13. The Hall–Kier alpha value is -0.130. The maximum atomic E-state index is 12.4. The summed E-state index contributed by atoms with van der Waals surface area (Å²) in [6.45, 7) is 10.00. The van der Waals surface area contributed by atoms with Crippen molar-refractivity contribution in [3.8, 4) is 0 Å². The molecule has 0 aromatic rings. The van der Waals surface area contributed by atoms with Crippen LogP contribution in [0, 0.1) is 5.92 Å². The van der Waals surface area contributed by atoms with E-state index in [2.05, 4.69) is 12.2 Å². The molecular formula is C13H28N2O2S. The minimum absolute atomic E-state index is 0.326. The van der Waals surface area contributed by atoms with Crippen LogP contribution in [0.1, 0.15) is 47.0 Å². The van der Waals surface area contributed by atoms with Gasteiger partial charge in [0.25, 0.3) is 0 Å². The lowest BCUT2D eigenvalue weighted by molar-refractivity contribution is 0.407. The van der Waals surface area contributed by atoms with Crippen LogP contribution < -0.4 is 5.32 Å². The van der Waals surface area contributed by atoms with E-state index in [0.717, 1.165) is 19.3 Å². The molecule has 1 aliphatic rings. The van der Waals surface area contributed by atoms with Gasteiger partial charge in [0, 0.05) is 25.7 Å². The molecule has 4 nitrogen and oxygen atoms in total. The first-order chi connectivity index (χ1) is 8.34. The molecule has 0 spiro atoms. The maximum absolute atomic E-state index is 12.4. The van der Waals surface area contributed by atoms with Crippen molar-refractivity contribution < 1.29 is 8.42 Å². The SMILES string of the molecule is CC1CCCN(S(=O)(=O)C(C)CNC(C)C)CC1. The third-order valence-electron chi connectivity index (χ3n) is 3.66. The standard InChI is InChI=1S/C13H28N2O2S/c1-11(2)14-10-13(4)18(16,17)15-8-5-6-12(3)7-9-15/h11-14H,5-10H2,1-4H3. The predicted octanol–water partition coefficient (Wildman–Crippen LogP) is 1.82. The minimum atomic E-state index is -3.13. The molecule has 1 heterocycles. The van der Waals surface area contributed by atoms with Crippen LogP contribution in [0.25, 0.3) is 0 Å². The largest absolute Gasteiger partial charge is 0.313 e. The van der Waals surface area contributed by atoms with Crippen LogP contribution >= 0.6 is 0 Å². The Morgan fingerprint density at radius 1 is 1.22 bits per heavy atom. The smallest absolute Gasteiger partial charge is 0.217 e. The molecule has 2 atom stereocenters. The van der Waals surface area contributed by atoms with Crippen molar-refractivity contribution in [2.24, 2.45) is 5.92 Å². The number of sulfonamides is 1. The van der Waals surface area contributed by atoms with Crippen LogP contribution in [0.15, 0.2) is 0 Å². The van der Waals surface area contributed by atoms with Crippen molar-refractivity contribution in [2.45, 2.75) is 58.2 Å². The lowest BCUT2D eigenvalue weighted by Crippen LogP contribution is -2.43. The maximum Gasteiger partial charge on any atom is 0.217 e. The zero-order valence-electron chi connectivity index (χ0n) is 12.1. The van der Waals surface area contributed by atoms with Gasteiger partial charge < -0.3 is 5.32 Å². The van der Waals surface area contributed by atoms with Crippen molar-refractivity contribution in [1.82, 2.24) is 9.62 Å². The molecule has 18 heavy (non-hydrogen) atoms. The van der Waals surface area contributed by atoms with Gasteiger partial charge in [-0.3, -0.25) is 0 Å². The van der Waals surface area contributed by atoms with Gasteiger partial charge in [0.15, 0.2) is 0 Å². The molecule has 0 aromatic carbocycles. The molecule has 5 heteroatoms. The van der Waals surface area contributed by atoms with Gasteiger partial charge in [-0.05, 0) is 32.1 Å². The van der Waals surface area contributed by atoms with Gasteiger partial charge in [0.1, 0.15) is 0 Å². The van der Waals surface area contributed by atoms with E-state index in [1.165, 1.54) is 0 Å². The van der Waals surface area contributed by atoms with E-state index in [-0.39, 0.29) is 5.25 Å². The summed E-state index contributed by atoms with van der Waals surface area (Å²) < 4.78 is 26.6. The summed E-state index contributed by atoms with van der Waals surface area (Å²) in [6, 6.07) is 0.326. The fourth-order valence-corrected chi connectivity index (χ4v) is 3.81. The van der Waals surface area contributed by atoms with Crippen LogP contribution in [0.3, 0.4) is 0 Å². The van der Waals surface area contributed by atoms with Crippen molar-refractivity contribution in [1.29, 1.82) is 0 Å². The van der Waals surface area contributed by atoms with Crippen molar-refractivity contribution in [3.63, 3.8) is 0 Å². The Kier molecular flexibility index (Phi) is 6.08. The summed E-state index contributed by atoms with van der Waals surface area (Å²) in [4.78, 5) is 0. The van der Waals surface area contributed by atoms with Gasteiger partial charge in [-0.15, -0.1) is 0 Å². The Morgan fingerprint density at radius 2 is 1.89 bits per heavy atom. The molecule has 0 bridgehead atoms. The highest BCUT2D eigenvalue weighted by atomic mass is 32.2. The van der Waals surface area contributed by atoms with Gasteiger partial charge in [-0.1, -0.05) is 20.8 Å². The predicted molar refractivity (Wildman–Crippen MR) is 76.1 cm³/mol. The molecule has 0 amide bonds. The third kappa shape index (κ3) is 4.52. The van der Waals surface area contributed by atoms with E-state index in [1.54, 1.807) is 11.2 Å². The van der Waals surface area contributed by atoms with E-state index in [9.17, 15) is 8.42 Å². The second-order valence-corrected chi connectivity index (χ2v) is 8.20. The molecule has 1 fully saturated rings. The molecule has 0 aliphatic carbocycles. The molecule has 1 rings (SSSR count). The molecule has 0 radical (unpaired) electrons. The van der Waals surface area contributed by atoms with Gasteiger partial charge in [0.05, 0.1) is 5.25 Å². The summed E-state index contributed by atoms with van der Waals surface area (Å²) in [6.07, 6.45) is 3.12. The van der Waals surface area contributed by atoms with E-state index in [1.807, 2.05) is 13.8 Å². The van der Waals surface area contributed by atoms with Crippen LogP contribution in [-0.2, 0) is 10.0 Å². The summed E-state index contributed by atoms with van der Waals surface area (Å²) in [5, 5.41) is 2.87. The van der Waals surface area contributed by atoms with Gasteiger partial charge in [-0.2, -0.15) is 0 Å². The minimum Gasteiger partial charge on any atom is -0.313 e. The topological polar surface area (TPSA) is 49.4 Å². The first-order valence-corrected chi connectivity index (χ1v) is 8.56.